The van der Waals surface area contributed by atoms with E-state index in [1.54, 1.807) is 0 Å². The molecule has 0 aliphatic heterocycles. The Hall–Kier alpha value is -1.64. The predicted octanol–water partition coefficient (Wildman–Crippen LogP) is 0.549. The number of carboxylic acid groups (broad SMARTS) is 1. The molecular weight excluding hydrogens is 296 g/mol. The summed E-state index contributed by atoms with van der Waals surface area (Å²) >= 11 is 0. The van der Waals surface area contributed by atoms with Crippen LogP contribution in [0.4, 0.5) is 5.69 Å². The molecule has 0 bridgehead atoms. The Labute approximate surface area is 122 Å². The van der Waals surface area contributed by atoms with E-state index in [2.05, 4.69) is 4.72 Å². The van der Waals surface area contributed by atoms with Crippen LogP contribution in [0.3, 0.4) is 0 Å². The van der Waals surface area contributed by atoms with Crippen LogP contribution in [0.25, 0.3) is 0 Å². The number of aliphatic hydroxyl groups excluding tert-OH is 1. The number of aliphatic hydroxyl groups is 1. The number of nitrogens with two attached hydrogens (primary N) is 1. The Balaban J connectivity index is 2.25. The predicted molar refractivity (Wildman–Crippen MR) is 76.4 cm³/mol. The molecule has 0 heterocycles. The maximum atomic E-state index is 12.3. The lowest BCUT2D eigenvalue weighted by Gasteiger charge is -2.28. The smallest absolute Gasteiger partial charge is 0.335 e. The standard InChI is InChI=1S/C13H18N2O5S/c14-9-7-8(13(17)18)5-6-12(9)21(19,20)15-10-3-1-2-4-11(10)16/h5-7,10-11,15-16H,1-4,14H2,(H,17,18)/t10-,11-/m1/s1. The summed E-state index contributed by atoms with van der Waals surface area (Å²) in [7, 11) is -3.89. The van der Waals surface area contributed by atoms with Crippen LogP contribution in [0, 0.1) is 0 Å². The van der Waals surface area contributed by atoms with Crippen LogP contribution >= 0.6 is 0 Å². The van der Waals surface area contributed by atoms with Gasteiger partial charge < -0.3 is 15.9 Å². The fraction of sp³-hybridized carbons (Fsp3) is 0.462. The Morgan fingerprint density at radius 1 is 1.29 bits per heavy atom. The molecule has 0 unspecified atom stereocenters. The summed E-state index contributed by atoms with van der Waals surface area (Å²) < 4.78 is 27.0. The van der Waals surface area contributed by atoms with E-state index in [4.69, 9.17) is 10.8 Å². The first kappa shape index (κ1) is 15.7. The minimum atomic E-state index is -3.89. The second-order valence-electron chi connectivity index (χ2n) is 5.14. The summed E-state index contributed by atoms with van der Waals surface area (Å²) in [4.78, 5) is 10.6. The second-order valence-corrected chi connectivity index (χ2v) is 6.82. The summed E-state index contributed by atoms with van der Waals surface area (Å²) in [5, 5.41) is 18.7. The van der Waals surface area contributed by atoms with Gasteiger partial charge in [-0.15, -0.1) is 0 Å². The highest BCUT2D eigenvalue weighted by atomic mass is 32.2. The van der Waals surface area contributed by atoms with Crippen molar-refractivity contribution in [2.75, 3.05) is 5.73 Å². The molecule has 0 spiro atoms. The molecule has 5 N–H and O–H groups in total. The third-order valence-electron chi connectivity index (χ3n) is 3.58. The topological polar surface area (TPSA) is 130 Å². The Morgan fingerprint density at radius 3 is 2.52 bits per heavy atom. The molecule has 1 saturated carbocycles. The van der Waals surface area contributed by atoms with Crippen LogP contribution < -0.4 is 10.5 Å². The Kier molecular flexibility index (Phi) is 4.50. The van der Waals surface area contributed by atoms with Crippen molar-refractivity contribution in [1.82, 2.24) is 4.72 Å². The van der Waals surface area contributed by atoms with E-state index < -0.39 is 28.1 Å². The Morgan fingerprint density at radius 2 is 1.95 bits per heavy atom. The van der Waals surface area contributed by atoms with E-state index in [-0.39, 0.29) is 16.1 Å². The van der Waals surface area contributed by atoms with Gasteiger partial charge in [-0.1, -0.05) is 12.8 Å². The third kappa shape index (κ3) is 3.52. The van der Waals surface area contributed by atoms with Gasteiger partial charge in [-0.05, 0) is 31.0 Å². The summed E-state index contributed by atoms with van der Waals surface area (Å²) in [6.45, 7) is 0. The van der Waals surface area contributed by atoms with Crippen LogP contribution in [0.5, 0.6) is 0 Å². The molecule has 21 heavy (non-hydrogen) atoms. The normalized spacial score (nSPS) is 22.9. The van der Waals surface area contributed by atoms with Gasteiger partial charge in [0.15, 0.2) is 0 Å². The molecule has 1 aromatic carbocycles. The highest BCUT2D eigenvalue weighted by Crippen LogP contribution is 2.24. The number of sulfonamides is 1. The first-order chi connectivity index (χ1) is 9.81. The van der Waals surface area contributed by atoms with Crippen molar-refractivity contribution in [3.05, 3.63) is 23.8 Å². The fourth-order valence-electron chi connectivity index (χ4n) is 2.44. The van der Waals surface area contributed by atoms with Crippen LogP contribution in [-0.4, -0.2) is 36.7 Å². The maximum Gasteiger partial charge on any atom is 0.335 e. The number of carbonyl (C=O) groups is 1. The average Bonchev–Trinajstić information content (AvgIpc) is 2.40. The summed E-state index contributed by atoms with van der Waals surface area (Å²) in [6.07, 6.45) is 2.12. The molecule has 1 aliphatic rings. The van der Waals surface area contributed by atoms with Gasteiger partial charge in [-0.3, -0.25) is 0 Å². The zero-order valence-corrected chi connectivity index (χ0v) is 12.1. The lowest BCUT2D eigenvalue weighted by atomic mass is 9.93. The van der Waals surface area contributed by atoms with Gasteiger partial charge in [-0.25, -0.2) is 17.9 Å². The number of anilines is 1. The summed E-state index contributed by atoms with van der Waals surface area (Å²) in [6, 6.07) is 2.91. The number of hydrogen-bond acceptors (Lipinski definition) is 5. The summed E-state index contributed by atoms with van der Waals surface area (Å²) in [5.41, 5.74) is 5.43. The van der Waals surface area contributed by atoms with Crippen molar-refractivity contribution < 1.29 is 23.4 Å². The van der Waals surface area contributed by atoms with Crippen LogP contribution in [0.15, 0.2) is 23.1 Å². The van der Waals surface area contributed by atoms with Crippen molar-refractivity contribution in [2.24, 2.45) is 0 Å². The molecule has 0 radical (unpaired) electrons. The first-order valence-electron chi connectivity index (χ1n) is 6.64. The van der Waals surface area contributed by atoms with E-state index in [0.29, 0.717) is 12.8 Å². The van der Waals surface area contributed by atoms with E-state index in [1.807, 2.05) is 0 Å². The van der Waals surface area contributed by atoms with E-state index >= 15 is 0 Å². The zero-order valence-electron chi connectivity index (χ0n) is 11.3. The SMILES string of the molecule is Nc1cc(C(=O)O)ccc1S(=O)(=O)N[C@@H]1CCCC[C@H]1O. The van der Waals surface area contributed by atoms with Crippen LogP contribution in [0.2, 0.25) is 0 Å². The number of rotatable bonds is 4. The number of carboxylic acids is 1. The second kappa shape index (κ2) is 6.00. The van der Waals surface area contributed by atoms with Crippen molar-refractivity contribution in [2.45, 2.75) is 42.7 Å². The highest BCUT2D eigenvalue weighted by Gasteiger charge is 2.29. The van der Waals surface area contributed by atoms with Gasteiger partial charge in [0.25, 0.3) is 0 Å². The van der Waals surface area contributed by atoms with Crippen LogP contribution in [0.1, 0.15) is 36.0 Å². The van der Waals surface area contributed by atoms with E-state index in [0.717, 1.165) is 25.0 Å². The molecule has 1 fully saturated rings. The minimum absolute atomic E-state index is 0.0795. The van der Waals surface area contributed by atoms with Crippen molar-refractivity contribution in [1.29, 1.82) is 0 Å². The monoisotopic (exact) mass is 314 g/mol. The maximum absolute atomic E-state index is 12.3. The van der Waals surface area contributed by atoms with Gasteiger partial charge >= 0.3 is 5.97 Å². The van der Waals surface area contributed by atoms with E-state index in [9.17, 15) is 18.3 Å². The Bertz CT molecular complexity index is 644. The quantitative estimate of drug-likeness (QED) is 0.600. The van der Waals surface area contributed by atoms with Crippen molar-refractivity contribution in [3.8, 4) is 0 Å². The zero-order chi connectivity index (χ0) is 15.6. The molecule has 7 nitrogen and oxygen atoms in total. The largest absolute Gasteiger partial charge is 0.478 e. The molecular formula is C13H18N2O5S. The number of benzene rings is 1. The average molecular weight is 314 g/mol. The number of aromatic carboxylic acids is 1. The molecule has 1 aromatic rings. The highest BCUT2D eigenvalue weighted by molar-refractivity contribution is 7.89. The molecule has 0 amide bonds. The molecule has 8 heteroatoms. The lowest BCUT2D eigenvalue weighted by molar-refractivity contribution is 0.0697. The first-order valence-corrected chi connectivity index (χ1v) is 8.13. The van der Waals surface area contributed by atoms with Gasteiger partial charge in [0.05, 0.1) is 17.4 Å². The van der Waals surface area contributed by atoms with Crippen molar-refractivity contribution in [3.63, 3.8) is 0 Å². The van der Waals surface area contributed by atoms with Gasteiger partial charge in [-0.2, -0.15) is 0 Å². The van der Waals surface area contributed by atoms with Gasteiger partial charge in [0.1, 0.15) is 4.90 Å². The number of hydrogen-bond donors (Lipinski definition) is 4. The molecule has 2 rings (SSSR count). The van der Waals surface area contributed by atoms with Crippen molar-refractivity contribution >= 4 is 21.7 Å². The van der Waals surface area contributed by atoms with Crippen LogP contribution in [-0.2, 0) is 10.0 Å². The number of nitrogen functional groups attached to an aromatic ring is 1. The lowest BCUT2D eigenvalue weighted by Crippen LogP contribution is -2.45. The third-order valence-corrected chi connectivity index (χ3v) is 5.15. The molecule has 1 aliphatic carbocycles. The molecule has 2 atom stereocenters. The van der Waals surface area contributed by atoms with Gasteiger partial charge in [0.2, 0.25) is 10.0 Å². The molecule has 0 aromatic heterocycles. The minimum Gasteiger partial charge on any atom is -0.478 e. The fourth-order valence-corrected chi connectivity index (χ4v) is 3.85. The molecule has 116 valence electrons. The number of nitrogens with one attached hydrogen (secondary N) is 1. The molecule has 0 saturated heterocycles. The van der Waals surface area contributed by atoms with E-state index in [1.165, 1.54) is 6.07 Å². The van der Waals surface area contributed by atoms with Gasteiger partial charge in [0, 0.05) is 6.04 Å². The summed E-state index contributed by atoms with van der Waals surface area (Å²) in [5.74, 6) is -1.18.